The molecular formula is C18H25N5O. The zero-order valence-electron chi connectivity index (χ0n) is 14.5. The van der Waals surface area contributed by atoms with Crippen molar-refractivity contribution in [1.29, 1.82) is 0 Å². The van der Waals surface area contributed by atoms with Gasteiger partial charge in [0.15, 0.2) is 0 Å². The van der Waals surface area contributed by atoms with Gasteiger partial charge in [0.25, 0.3) is 0 Å². The maximum absolute atomic E-state index is 5.98. The van der Waals surface area contributed by atoms with Crippen molar-refractivity contribution in [1.82, 2.24) is 24.4 Å². The number of fused-ring (bicyclic) bond motifs is 1. The Bertz CT molecular complexity index is 709. The highest BCUT2D eigenvalue weighted by atomic mass is 16.5. The molecule has 1 aliphatic heterocycles. The predicted octanol–water partition coefficient (Wildman–Crippen LogP) is 2.12. The fourth-order valence-corrected chi connectivity index (χ4v) is 3.65. The standard InChI is InChI=1S/C18H25N5O/c1-13-7-19-8-18(21-13)24-11-15-6-17-16(20-12-22(17)2)10-23(15)9-14-4-3-5-14/h7-8,12,14-15H,3-6,9-11H2,1-2H3/t15-/m1/s1. The van der Waals surface area contributed by atoms with Crippen LogP contribution >= 0.6 is 0 Å². The van der Waals surface area contributed by atoms with E-state index in [1.807, 2.05) is 13.3 Å². The smallest absolute Gasteiger partial charge is 0.232 e. The van der Waals surface area contributed by atoms with E-state index in [2.05, 4.69) is 31.5 Å². The van der Waals surface area contributed by atoms with Crippen LogP contribution in [-0.2, 0) is 20.0 Å². The molecule has 6 nitrogen and oxygen atoms in total. The quantitative estimate of drug-likeness (QED) is 0.842. The molecule has 4 rings (SSSR count). The van der Waals surface area contributed by atoms with E-state index >= 15 is 0 Å². The van der Waals surface area contributed by atoms with E-state index in [4.69, 9.17) is 4.74 Å². The van der Waals surface area contributed by atoms with E-state index < -0.39 is 0 Å². The van der Waals surface area contributed by atoms with Gasteiger partial charge < -0.3 is 9.30 Å². The van der Waals surface area contributed by atoms with E-state index in [0.29, 0.717) is 18.5 Å². The Morgan fingerprint density at radius 2 is 2.17 bits per heavy atom. The molecule has 0 saturated heterocycles. The molecular weight excluding hydrogens is 302 g/mol. The fraction of sp³-hybridized carbons (Fsp3) is 0.611. The highest BCUT2D eigenvalue weighted by Gasteiger charge is 2.32. The Morgan fingerprint density at radius 1 is 1.29 bits per heavy atom. The number of aromatic nitrogens is 4. The van der Waals surface area contributed by atoms with Crippen molar-refractivity contribution in [3.05, 3.63) is 35.8 Å². The van der Waals surface area contributed by atoms with Crippen LogP contribution in [0.25, 0.3) is 0 Å². The molecule has 0 spiro atoms. The van der Waals surface area contributed by atoms with Gasteiger partial charge in [-0.05, 0) is 25.7 Å². The zero-order chi connectivity index (χ0) is 16.5. The number of hydrogen-bond donors (Lipinski definition) is 0. The van der Waals surface area contributed by atoms with E-state index in [1.54, 1.807) is 12.4 Å². The number of aryl methyl sites for hydroxylation is 2. The third-order valence-electron chi connectivity index (χ3n) is 5.32. The molecule has 1 aliphatic carbocycles. The molecule has 1 atom stereocenters. The Hall–Kier alpha value is -1.95. The molecule has 0 radical (unpaired) electrons. The summed E-state index contributed by atoms with van der Waals surface area (Å²) in [6, 6.07) is 0.371. The second-order valence-electron chi connectivity index (χ2n) is 7.14. The average Bonchev–Trinajstić information content (AvgIpc) is 2.89. The van der Waals surface area contributed by atoms with Gasteiger partial charge >= 0.3 is 0 Å². The van der Waals surface area contributed by atoms with Crippen LogP contribution in [0.2, 0.25) is 0 Å². The lowest BCUT2D eigenvalue weighted by Gasteiger charge is -2.39. The monoisotopic (exact) mass is 327 g/mol. The number of rotatable bonds is 5. The highest BCUT2D eigenvalue weighted by molar-refractivity contribution is 5.18. The van der Waals surface area contributed by atoms with Crippen LogP contribution in [0.1, 0.15) is 36.3 Å². The maximum Gasteiger partial charge on any atom is 0.232 e. The largest absolute Gasteiger partial charge is 0.475 e. The van der Waals surface area contributed by atoms with Crippen molar-refractivity contribution in [3.63, 3.8) is 0 Å². The minimum atomic E-state index is 0.371. The molecule has 0 unspecified atom stereocenters. The fourth-order valence-electron chi connectivity index (χ4n) is 3.65. The van der Waals surface area contributed by atoms with Crippen molar-refractivity contribution in [3.8, 4) is 5.88 Å². The van der Waals surface area contributed by atoms with Crippen LogP contribution in [0.4, 0.5) is 0 Å². The number of nitrogens with zero attached hydrogens (tertiary/aromatic N) is 5. The van der Waals surface area contributed by atoms with Crippen LogP contribution in [0.15, 0.2) is 18.7 Å². The Balaban J connectivity index is 1.48. The third kappa shape index (κ3) is 3.15. The number of ether oxygens (including phenoxy) is 1. The second kappa shape index (κ2) is 6.51. The molecule has 1 saturated carbocycles. The Labute approximate surface area is 142 Å². The van der Waals surface area contributed by atoms with Crippen molar-refractivity contribution < 1.29 is 4.74 Å². The minimum Gasteiger partial charge on any atom is -0.475 e. The van der Waals surface area contributed by atoms with Gasteiger partial charge in [-0.2, -0.15) is 0 Å². The van der Waals surface area contributed by atoms with Crippen LogP contribution in [0.3, 0.4) is 0 Å². The summed E-state index contributed by atoms with van der Waals surface area (Å²) in [6.45, 7) is 4.67. The van der Waals surface area contributed by atoms with Gasteiger partial charge in [0.2, 0.25) is 5.88 Å². The van der Waals surface area contributed by atoms with Gasteiger partial charge in [0.1, 0.15) is 6.61 Å². The number of imidazole rings is 1. The average molecular weight is 327 g/mol. The molecule has 2 aromatic heterocycles. The topological polar surface area (TPSA) is 56.1 Å². The summed E-state index contributed by atoms with van der Waals surface area (Å²) in [7, 11) is 2.08. The van der Waals surface area contributed by atoms with Gasteiger partial charge in [0, 0.05) is 44.5 Å². The lowest BCUT2D eigenvalue weighted by Crippen LogP contribution is -2.47. The summed E-state index contributed by atoms with van der Waals surface area (Å²) in [5.41, 5.74) is 3.45. The van der Waals surface area contributed by atoms with E-state index in [-0.39, 0.29) is 0 Å². The first kappa shape index (κ1) is 15.6. The molecule has 2 aromatic rings. The molecule has 0 amide bonds. The van der Waals surface area contributed by atoms with E-state index in [1.165, 1.54) is 30.7 Å². The summed E-state index contributed by atoms with van der Waals surface area (Å²) in [5.74, 6) is 1.46. The summed E-state index contributed by atoms with van der Waals surface area (Å²) >= 11 is 0. The normalized spacial score (nSPS) is 21.3. The van der Waals surface area contributed by atoms with Crippen molar-refractivity contribution >= 4 is 0 Å². The van der Waals surface area contributed by atoms with Gasteiger partial charge in [-0.15, -0.1) is 0 Å². The molecule has 24 heavy (non-hydrogen) atoms. The first-order chi connectivity index (χ1) is 11.7. The van der Waals surface area contributed by atoms with Crippen molar-refractivity contribution in [2.45, 2.75) is 45.2 Å². The van der Waals surface area contributed by atoms with Crippen molar-refractivity contribution in [2.24, 2.45) is 13.0 Å². The molecule has 2 aliphatic rings. The first-order valence-electron chi connectivity index (χ1n) is 8.83. The highest BCUT2D eigenvalue weighted by Crippen LogP contribution is 2.31. The lowest BCUT2D eigenvalue weighted by molar-refractivity contribution is 0.0774. The first-order valence-corrected chi connectivity index (χ1v) is 8.83. The summed E-state index contributed by atoms with van der Waals surface area (Å²) in [6.07, 6.45) is 10.5. The summed E-state index contributed by atoms with van der Waals surface area (Å²) in [5, 5.41) is 0. The lowest BCUT2D eigenvalue weighted by atomic mass is 9.84. The maximum atomic E-state index is 5.98. The van der Waals surface area contributed by atoms with Crippen LogP contribution in [-0.4, -0.2) is 43.6 Å². The van der Waals surface area contributed by atoms with Crippen molar-refractivity contribution in [2.75, 3.05) is 13.2 Å². The molecule has 0 bridgehead atoms. The second-order valence-corrected chi connectivity index (χ2v) is 7.14. The number of hydrogen-bond acceptors (Lipinski definition) is 5. The molecule has 0 N–H and O–H groups in total. The third-order valence-corrected chi connectivity index (χ3v) is 5.32. The van der Waals surface area contributed by atoms with E-state index in [9.17, 15) is 0 Å². The summed E-state index contributed by atoms with van der Waals surface area (Å²) in [4.78, 5) is 15.7. The van der Waals surface area contributed by atoms with Crippen LogP contribution in [0, 0.1) is 12.8 Å². The van der Waals surface area contributed by atoms with Crippen LogP contribution in [0.5, 0.6) is 5.88 Å². The molecule has 3 heterocycles. The SMILES string of the molecule is Cc1cncc(OC[C@H]2Cc3c(ncn3C)CN2CC2CCC2)n1. The van der Waals surface area contributed by atoms with E-state index in [0.717, 1.165) is 31.1 Å². The van der Waals surface area contributed by atoms with Gasteiger partial charge in [-0.25, -0.2) is 9.97 Å². The Morgan fingerprint density at radius 3 is 2.92 bits per heavy atom. The van der Waals surface area contributed by atoms with Gasteiger partial charge in [-0.1, -0.05) is 6.42 Å². The minimum absolute atomic E-state index is 0.371. The molecule has 0 aromatic carbocycles. The zero-order valence-corrected chi connectivity index (χ0v) is 14.5. The van der Waals surface area contributed by atoms with Crippen LogP contribution < -0.4 is 4.74 Å². The predicted molar refractivity (Wildman–Crippen MR) is 90.7 cm³/mol. The molecule has 6 heteroatoms. The van der Waals surface area contributed by atoms with Gasteiger partial charge in [0.05, 0.1) is 23.9 Å². The molecule has 1 fully saturated rings. The summed E-state index contributed by atoms with van der Waals surface area (Å²) < 4.78 is 8.12. The van der Waals surface area contributed by atoms with Gasteiger partial charge in [-0.3, -0.25) is 9.88 Å². The Kier molecular flexibility index (Phi) is 4.22. The molecule has 128 valence electrons.